The molecule has 3 rings (SSSR count). The van der Waals surface area contributed by atoms with Crippen LogP contribution in [0.3, 0.4) is 0 Å². The average molecular weight is 226 g/mol. The highest BCUT2D eigenvalue weighted by molar-refractivity contribution is 6.16. The van der Waals surface area contributed by atoms with Gasteiger partial charge in [-0.15, -0.1) is 0 Å². The maximum atomic E-state index is 12.4. The monoisotopic (exact) mass is 226 g/mol. The summed E-state index contributed by atoms with van der Waals surface area (Å²) < 4.78 is 0. The molecule has 0 aliphatic heterocycles. The Morgan fingerprint density at radius 3 is 2.24 bits per heavy atom. The molecule has 2 aliphatic carbocycles. The SMILES string of the molecule is CC1=CC[C@@H]2C(=O)c3ccccc3C(=O)[C@H]2C1. The Labute approximate surface area is 100 Å². The molecular formula is C15H14O2. The van der Waals surface area contributed by atoms with Gasteiger partial charge in [0.1, 0.15) is 0 Å². The first-order chi connectivity index (χ1) is 8.18. The third-order valence-electron chi connectivity index (χ3n) is 3.88. The fourth-order valence-corrected chi connectivity index (χ4v) is 2.94. The zero-order valence-electron chi connectivity index (χ0n) is 9.77. The maximum Gasteiger partial charge on any atom is 0.167 e. The van der Waals surface area contributed by atoms with Crippen LogP contribution in [0.25, 0.3) is 0 Å². The molecule has 0 N–H and O–H groups in total. The fourth-order valence-electron chi connectivity index (χ4n) is 2.94. The number of carbonyl (C=O) groups is 2. The Kier molecular flexibility index (Phi) is 2.25. The molecule has 86 valence electrons. The van der Waals surface area contributed by atoms with Crippen molar-refractivity contribution in [3.05, 3.63) is 47.0 Å². The van der Waals surface area contributed by atoms with Crippen LogP contribution < -0.4 is 0 Å². The zero-order chi connectivity index (χ0) is 12.0. The van der Waals surface area contributed by atoms with E-state index in [0.717, 1.165) is 12.8 Å². The summed E-state index contributed by atoms with van der Waals surface area (Å²) in [4.78, 5) is 24.7. The van der Waals surface area contributed by atoms with Gasteiger partial charge in [0, 0.05) is 23.0 Å². The van der Waals surface area contributed by atoms with E-state index in [1.54, 1.807) is 12.1 Å². The van der Waals surface area contributed by atoms with E-state index in [1.165, 1.54) is 5.57 Å². The summed E-state index contributed by atoms with van der Waals surface area (Å²) in [6.07, 6.45) is 3.55. The van der Waals surface area contributed by atoms with Crippen LogP contribution in [0.1, 0.15) is 40.5 Å². The van der Waals surface area contributed by atoms with Crippen molar-refractivity contribution in [1.82, 2.24) is 0 Å². The van der Waals surface area contributed by atoms with Crippen LogP contribution in [0, 0.1) is 11.8 Å². The normalized spacial score (nSPS) is 27.2. The summed E-state index contributed by atoms with van der Waals surface area (Å²) in [5.74, 6) is 0.0510. The quantitative estimate of drug-likeness (QED) is 0.637. The molecule has 0 aromatic heterocycles. The zero-order valence-corrected chi connectivity index (χ0v) is 9.77. The first-order valence-corrected chi connectivity index (χ1v) is 6.01. The lowest BCUT2D eigenvalue weighted by Crippen LogP contribution is -2.38. The largest absolute Gasteiger partial charge is 0.294 e. The number of benzene rings is 1. The summed E-state index contributed by atoms with van der Waals surface area (Å²) in [5.41, 5.74) is 2.46. The lowest BCUT2D eigenvalue weighted by molar-refractivity contribution is 0.0725. The van der Waals surface area contributed by atoms with Gasteiger partial charge in [0.25, 0.3) is 0 Å². The van der Waals surface area contributed by atoms with E-state index in [4.69, 9.17) is 0 Å². The van der Waals surface area contributed by atoms with Gasteiger partial charge in [-0.1, -0.05) is 35.9 Å². The van der Waals surface area contributed by atoms with Crippen molar-refractivity contribution < 1.29 is 9.59 Å². The van der Waals surface area contributed by atoms with Gasteiger partial charge in [-0.3, -0.25) is 9.59 Å². The Morgan fingerprint density at radius 1 is 1.00 bits per heavy atom. The molecule has 2 nitrogen and oxygen atoms in total. The highest BCUT2D eigenvalue weighted by atomic mass is 16.1. The van der Waals surface area contributed by atoms with Gasteiger partial charge < -0.3 is 0 Å². The van der Waals surface area contributed by atoms with Crippen LogP contribution in [0.2, 0.25) is 0 Å². The van der Waals surface area contributed by atoms with Gasteiger partial charge in [0.05, 0.1) is 0 Å². The number of ketones is 2. The second-order valence-corrected chi connectivity index (χ2v) is 4.98. The molecule has 1 aromatic rings. The van der Waals surface area contributed by atoms with Gasteiger partial charge in [-0.25, -0.2) is 0 Å². The van der Waals surface area contributed by atoms with Crippen molar-refractivity contribution in [2.24, 2.45) is 11.8 Å². The Balaban J connectivity index is 2.12. The number of hydrogen-bond donors (Lipinski definition) is 0. The predicted octanol–water partition coefficient (Wildman–Crippen LogP) is 3.04. The second kappa shape index (κ2) is 3.66. The number of carbonyl (C=O) groups excluding carboxylic acids is 2. The minimum atomic E-state index is -0.124. The fraction of sp³-hybridized carbons (Fsp3) is 0.333. The Hall–Kier alpha value is -1.70. The molecule has 2 heteroatoms. The third-order valence-corrected chi connectivity index (χ3v) is 3.88. The molecular weight excluding hydrogens is 212 g/mol. The summed E-state index contributed by atoms with van der Waals surface area (Å²) in [6.45, 7) is 2.04. The van der Waals surface area contributed by atoms with Crippen molar-refractivity contribution in [3.63, 3.8) is 0 Å². The first kappa shape index (κ1) is 10.5. The van der Waals surface area contributed by atoms with Gasteiger partial charge in [0.15, 0.2) is 11.6 Å². The summed E-state index contributed by atoms with van der Waals surface area (Å²) in [6, 6.07) is 7.21. The summed E-state index contributed by atoms with van der Waals surface area (Å²) in [5, 5.41) is 0. The standard InChI is InChI=1S/C15H14O2/c1-9-6-7-12-13(8-9)15(17)11-5-3-2-4-10(11)14(12)16/h2-6,12-13H,7-8H2,1H3/t12-,13-/m0/s1. The number of allylic oxidation sites excluding steroid dienone is 2. The van der Waals surface area contributed by atoms with E-state index < -0.39 is 0 Å². The lowest BCUT2D eigenvalue weighted by Gasteiger charge is -2.33. The number of hydrogen-bond acceptors (Lipinski definition) is 2. The van der Waals surface area contributed by atoms with E-state index in [1.807, 2.05) is 19.1 Å². The Bertz CT molecular complexity index is 540. The molecule has 0 unspecified atom stereocenters. The molecule has 0 spiro atoms. The van der Waals surface area contributed by atoms with Gasteiger partial charge in [-0.2, -0.15) is 0 Å². The first-order valence-electron chi connectivity index (χ1n) is 6.01. The van der Waals surface area contributed by atoms with Crippen LogP contribution in [-0.2, 0) is 0 Å². The van der Waals surface area contributed by atoms with Crippen LogP contribution in [0.4, 0.5) is 0 Å². The van der Waals surface area contributed by atoms with E-state index in [0.29, 0.717) is 11.1 Å². The van der Waals surface area contributed by atoms with Crippen LogP contribution in [0.5, 0.6) is 0 Å². The lowest BCUT2D eigenvalue weighted by atomic mass is 9.68. The minimum Gasteiger partial charge on any atom is -0.294 e. The molecule has 17 heavy (non-hydrogen) atoms. The molecule has 0 bridgehead atoms. The number of Topliss-reactive ketones (excluding diaryl/α,β-unsaturated/α-hetero) is 2. The van der Waals surface area contributed by atoms with E-state index in [9.17, 15) is 9.59 Å². The molecule has 0 saturated heterocycles. The van der Waals surface area contributed by atoms with Crippen LogP contribution in [0.15, 0.2) is 35.9 Å². The number of rotatable bonds is 0. The maximum absolute atomic E-state index is 12.4. The van der Waals surface area contributed by atoms with Crippen molar-refractivity contribution in [2.45, 2.75) is 19.8 Å². The van der Waals surface area contributed by atoms with Crippen molar-refractivity contribution in [1.29, 1.82) is 0 Å². The van der Waals surface area contributed by atoms with E-state index in [-0.39, 0.29) is 23.4 Å². The third kappa shape index (κ3) is 1.47. The molecule has 0 saturated carbocycles. The Morgan fingerprint density at radius 2 is 1.59 bits per heavy atom. The summed E-state index contributed by atoms with van der Waals surface area (Å²) in [7, 11) is 0. The average Bonchev–Trinajstić information content (AvgIpc) is 2.36. The molecule has 2 atom stereocenters. The van der Waals surface area contributed by atoms with E-state index >= 15 is 0 Å². The highest BCUT2D eigenvalue weighted by Gasteiger charge is 2.41. The molecule has 0 amide bonds. The second-order valence-electron chi connectivity index (χ2n) is 4.98. The van der Waals surface area contributed by atoms with Crippen molar-refractivity contribution in [2.75, 3.05) is 0 Å². The predicted molar refractivity (Wildman–Crippen MR) is 65.1 cm³/mol. The molecule has 2 aliphatic rings. The van der Waals surface area contributed by atoms with Gasteiger partial charge >= 0.3 is 0 Å². The number of fused-ring (bicyclic) bond motifs is 2. The topological polar surface area (TPSA) is 34.1 Å². The van der Waals surface area contributed by atoms with Gasteiger partial charge in [-0.05, 0) is 19.8 Å². The molecule has 0 fully saturated rings. The molecule has 0 radical (unpaired) electrons. The van der Waals surface area contributed by atoms with Gasteiger partial charge in [0.2, 0.25) is 0 Å². The molecule has 1 aromatic carbocycles. The van der Waals surface area contributed by atoms with Crippen molar-refractivity contribution in [3.8, 4) is 0 Å². The summed E-state index contributed by atoms with van der Waals surface area (Å²) >= 11 is 0. The van der Waals surface area contributed by atoms with Crippen LogP contribution in [-0.4, -0.2) is 11.6 Å². The van der Waals surface area contributed by atoms with E-state index in [2.05, 4.69) is 6.08 Å². The van der Waals surface area contributed by atoms with Crippen molar-refractivity contribution >= 4 is 11.6 Å². The highest BCUT2D eigenvalue weighted by Crippen LogP contribution is 2.38. The molecule has 0 heterocycles. The minimum absolute atomic E-state index is 0.123. The smallest absolute Gasteiger partial charge is 0.167 e. The van der Waals surface area contributed by atoms with Crippen LogP contribution >= 0.6 is 0 Å².